The summed E-state index contributed by atoms with van der Waals surface area (Å²) in [5.41, 5.74) is 4.96. The molecule has 1 unspecified atom stereocenters. The number of nitro benzene ring substituents is 1. The van der Waals surface area contributed by atoms with Crippen LogP contribution in [-0.2, 0) is 10.0 Å². The van der Waals surface area contributed by atoms with Crippen molar-refractivity contribution in [1.29, 1.82) is 0 Å². The lowest BCUT2D eigenvalue weighted by Crippen LogP contribution is -2.34. The second-order valence-corrected chi connectivity index (χ2v) is 7.77. The number of nitro groups is 1. The monoisotopic (exact) mass is 403 g/mol. The SMILES string of the molecule is CN(CC(N)c1ccc(F)c(C(F)F)c1)S(=O)(=O)c1ccc([N+](=O)[O-])cc1. The highest BCUT2D eigenvalue weighted by Crippen LogP contribution is 2.26. The van der Waals surface area contributed by atoms with E-state index in [-0.39, 0.29) is 22.7 Å². The number of nitrogens with two attached hydrogens (primary N) is 1. The third-order valence-corrected chi connectivity index (χ3v) is 5.73. The van der Waals surface area contributed by atoms with Gasteiger partial charge >= 0.3 is 0 Å². The first-order valence-corrected chi connectivity index (χ1v) is 9.02. The van der Waals surface area contributed by atoms with E-state index < -0.39 is 38.8 Å². The van der Waals surface area contributed by atoms with Crippen LogP contribution in [0.5, 0.6) is 0 Å². The Morgan fingerprint density at radius 3 is 2.30 bits per heavy atom. The third-order valence-electron chi connectivity index (χ3n) is 3.89. The lowest BCUT2D eigenvalue weighted by molar-refractivity contribution is -0.384. The van der Waals surface area contributed by atoms with Crippen molar-refractivity contribution in [2.45, 2.75) is 17.4 Å². The van der Waals surface area contributed by atoms with Gasteiger partial charge in [-0.2, -0.15) is 4.31 Å². The van der Waals surface area contributed by atoms with Crippen LogP contribution in [-0.4, -0.2) is 31.2 Å². The van der Waals surface area contributed by atoms with Crippen molar-refractivity contribution in [3.63, 3.8) is 0 Å². The topological polar surface area (TPSA) is 107 Å². The molecule has 0 aliphatic carbocycles. The molecule has 2 aromatic carbocycles. The molecule has 11 heteroatoms. The molecule has 0 aliphatic heterocycles. The summed E-state index contributed by atoms with van der Waals surface area (Å²) in [6, 6.07) is 6.24. The fourth-order valence-corrected chi connectivity index (χ4v) is 3.56. The predicted molar refractivity (Wildman–Crippen MR) is 91.2 cm³/mol. The summed E-state index contributed by atoms with van der Waals surface area (Å²) in [7, 11) is -2.78. The van der Waals surface area contributed by atoms with E-state index in [2.05, 4.69) is 0 Å². The minimum Gasteiger partial charge on any atom is -0.323 e. The number of halogens is 3. The van der Waals surface area contributed by atoms with E-state index in [1.807, 2.05) is 0 Å². The van der Waals surface area contributed by atoms with Crippen molar-refractivity contribution in [3.8, 4) is 0 Å². The maximum Gasteiger partial charge on any atom is 0.269 e. The van der Waals surface area contributed by atoms with Gasteiger partial charge in [-0.25, -0.2) is 21.6 Å². The van der Waals surface area contributed by atoms with Crippen molar-refractivity contribution < 1.29 is 26.5 Å². The standard InChI is InChI=1S/C16H16F3N3O4S/c1-21(27(25,26)12-5-3-11(4-6-12)22(23)24)9-15(20)10-2-7-14(17)13(8-10)16(18)19/h2-8,15-16H,9,20H2,1H3. The summed E-state index contributed by atoms with van der Waals surface area (Å²) < 4.78 is 64.9. The number of likely N-dealkylation sites (N-methyl/N-ethyl adjacent to an activating group) is 1. The second-order valence-electron chi connectivity index (χ2n) is 5.72. The number of nitrogens with zero attached hydrogens (tertiary/aromatic N) is 2. The average Bonchev–Trinajstić information content (AvgIpc) is 2.61. The molecule has 2 rings (SSSR count). The Labute approximate surface area is 153 Å². The maximum atomic E-state index is 13.4. The van der Waals surface area contributed by atoms with Crippen LogP contribution in [0.25, 0.3) is 0 Å². The molecule has 1 atom stereocenters. The van der Waals surface area contributed by atoms with Crippen LogP contribution >= 0.6 is 0 Å². The van der Waals surface area contributed by atoms with Crippen LogP contribution in [0.4, 0.5) is 18.9 Å². The van der Waals surface area contributed by atoms with Crippen LogP contribution in [0.15, 0.2) is 47.4 Å². The van der Waals surface area contributed by atoms with Crippen LogP contribution in [0.1, 0.15) is 23.6 Å². The average molecular weight is 403 g/mol. The molecule has 0 spiro atoms. The van der Waals surface area contributed by atoms with Gasteiger partial charge < -0.3 is 5.73 Å². The Kier molecular flexibility index (Phi) is 6.19. The molecule has 2 N–H and O–H groups in total. The highest BCUT2D eigenvalue weighted by Gasteiger charge is 2.25. The molecule has 0 saturated heterocycles. The normalized spacial score (nSPS) is 13.1. The molecule has 0 amide bonds. The molecule has 0 saturated carbocycles. The van der Waals surface area contributed by atoms with Crippen LogP contribution in [0, 0.1) is 15.9 Å². The number of sulfonamides is 1. The van der Waals surface area contributed by atoms with Crippen molar-refractivity contribution in [3.05, 3.63) is 69.5 Å². The summed E-state index contributed by atoms with van der Waals surface area (Å²) in [5.74, 6) is -1.08. The molecule has 0 aliphatic rings. The van der Waals surface area contributed by atoms with Crippen molar-refractivity contribution in [2.24, 2.45) is 5.73 Å². The lowest BCUT2D eigenvalue weighted by Gasteiger charge is -2.22. The van der Waals surface area contributed by atoms with Crippen LogP contribution in [0.3, 0.4) is 0 Å². The van der Waals surface area contributed by atoms with Crippen LogP contribution in [0.2, 0.25) is 0 Å². The molecule has 146 valence electrons. The lowest BCUT2D eigenvalue weighted by atomic mass is 10.0. The number of rotatable bonds is 7. The van der Waals surface area contributed by atoms with Gasteiger partial charge in [0, 0.05) is 31.8 Å². The molecule has 0 fully saturated rings. The number of benzene rings is 2. The predicted octanol–water partition coefficient (Wildman–Crippen LogP) is 2.99. The van der Waals surface area contributed by atoms with Crippen molar-refractivity contribution in [2.75, 3.05) is 13.6 Å². The zero-order chi connectivity index (χ0) is 20.4. The van der Waals surface area contributed by atoms with Gasteiger partial charge in [-0.15, -0.1) is 0 Å². The molecular weight excluding hydrogens is 387 g/mol. The fourth-order valence-electron chi connectivity index (χ4n) is 2.36. The van der Waals surface area contributed by atoms with Gasteiger partial charge in [0.2, 0.25) is 10.0 Å². The molecule has 27 heavy (non-hydrogen) atoms. The highest BCUT2D eigenvalue weighted by molar-refractivity contribution is 7.89. The first kappa shape index (κ1) is 20.8. The van der Waals surface area contributed by atoms with E-state index in [0.29, 0.717) is 0 Å². The van der Waals surface area contributed by atoms with Gasteiger partial charge in [0.15, 0.2) is 0 Å². The van der Waals surface area contributed by atoms with E-state index in [9.17, 15) is 31.7 Å². The molecule has 2 aromatic rings. The Morgan fingerprint density at radius 2 is 1.78 bits per heavy atom. The summed E-state index contributed by atoms with van der Waals surface area (Å²) >= 11 is 0. The second kappa shape index (κ2) is 8.03. The number of non-ortho nitro benzene ring substituents is 1. The van der Waals surface area contributed by atoms with E-state index >= 15 is 0 Å². The molecule has 0 aromatic heterocycles. The van der Waals surface area contributed by atoms with Gasteiger partial charge in [0.05, 0.1) is 15.4 Å². The molecule has 7 nitrogen and oxygen atoms in total. The van der Waals surface area contributed by atoms with E-state index in [4.69, 9.17) is 5.73 Å². The van der Waals surface area contributed by atoms with Gasteiger partial charge in [0.25, 0.3) is 12.1 Å². The zero-order valence-electron chi connectivity index (χ0n) is 14.1. The molecule has 0 radical (unpaired) electrons. The minimum absolute atomic E-state index is 0.150. The van der Waals surface area contributed by atoms with Crippen molar-refractivity contribution in [1.82, 2.24) is 4.31 Å². The number of alkyl halides is 2. The summed E-state index contributed by atoms with van der Waals surface area (Å²) in [5, 5.41) is 10.6. The molecule has 0 bridgehead atoms. The smallest absolute Gasteiger partial charge is 0.269 e. The number of hydrogen-bond donors (Lipinski definition) is 1. The Balaban J connectivity index is 2.21. The maximum absolute atomic E-state index is 13.4. The van der Waals surface area contributed by atoms with Gasteiger partial charge in [0.1, 0.15) is 5.82 Å². The summed E-state index contributed by atoms with van der Waals surface area (Å²) in [4.78, 5) is 9.80. The molecule has 0 heterocycles. The first-order chi connectivity index (χ1) is 12.5. The Morgan fingerprint density at radius 1 is 1.19 bits per heavy atom. The van der Waals surface area contributed by atoms with Gasteiger partial charge in [-0.1, -0.05) is 6.07 Å². The minimum atomic E-state index is -4.01. The Hall–Kier alpha value is -2.50. The third kappa shape index (κ3) is 4.62. The van der Waals surface area contributed by atoms with E-state index in [1.54, 1.807) is 0 Å². The summed E-state index contributed by atoms with van der Waals surface area (Å²) in [6.45, 7) is -0.270. The van der Waals surface area contributed by atoms with Crippen molar-refractivity contribution >= 4 is 15.7 Å². The van der Waals surface area contributed by atoms with Gasteiger partial charge in [-0.05, 0) is 29.8 Å². The highest BCUT2D eigenvalue weighted by atomic mass is 32.2. The first-order valence-electron chi connectivity index (χ1n) is 7.58. The summed E-state index contributed by atoms with van der Waals surface area (Å²) in [6.07, 6.45) is -3.03. The molecular formula is C16H16F3N3O4S. The fraction of sp³-hybridized carbons (Fsp3) is 0.250. The Bertz CT molecular complexity index is 936. The van der Waals surface area contributed by atoms with E-state index in [0.717, 1.165) is 40.7 Å². The van der Waals surface area contributed by atoms with Gasteiger partial charge in [-0.3, -0.25) is 10.1 Å². The van der Waals surface area contributed by atoms with E-state index in [1.165, 1.54) is 13.1 Å². The van der Waals surface area contributed by atoms with Crippen LogP contribution < -0.4 is 5.73 Å². The zero-order valence-corrected chi connectivity index (χ0v) is 14.9. The quantitative estimate of drug-likeness (QED) is 0.565. The number of hydrogen-bond acceptors (Lipinski definition) is 5. The largest absolute Gasteiger partial charge is 0.323 e.